The Morgan fingerprint density at radius 3 is 2.70 bits per heavy atom. The van der Waals surface area contributed by atoms with Crippen molar-refractivity contribution in [2.24, 2.45) is 5.92 Å². The van der Waals surface area contributed by atoms with Gasteiger partial charge in [-0.1, -0.05) is 27.5 Å². The maximum atomic E-state index is 12.1. The number of hydrogen-bond acceptors (Lipinski definition) is 4. The van der Waals surface area contributed by atoms with E-state index in [9.17, 15) is 4.79 Å². The minimum atomic E-state index is -0.464. The van der Waals surface area contributed by atoms with E-state index in [0.717, 1.165) is 22.9 Å². The molecule has 23 heavy (non-hydrogen) atoms. The zero-order valence-corrected chi connectivity index (χ0v) is 14.7. The number of aryl methyl sites for hydroxylation is 1. The highest BCUT2D eigenvalue weighted by atomic mass is 79.9. The molecule has 1 saturated carbocycles. The van der Waals surface area contributed by atoms with Gasteiger partial charge in [-0.05, 0) is 56.9 Å². The summed E-state index contributed by atoms with van der Waals surface area (Å²) in [5.74, 6) is 1.01. The van der Waals surface area contributed by atoms with Crippen molar-refractivity contribution in [3.8, 4) is 11.3 Å². The SMILES string of the molecule is Cc1noc(-c2ccc(Br)cc2)c1NC(=O)OC(C)C1CCC1. The Kier molecular flexibility index (Phi) is 4.71. The monoisotopic (exact) mass is 378 g/mol. The zero-order valence-electron chi connectivity index (χ0n) is 13.1. The predicted molar refractivity (Wildman–Crippen MR) is 91.3 cm³/mol. The van der Waals surface area contributed by atoms with Crippen LogP contribution in [0.2, 0.25) is 0 Å². The van der Waals surface area contributed by atoms with Crippen molar-refractivity contribution in [1.29, 1.82) is 0 Å². The molecule has 5 nitrogen and oxygen atoms in total. The lowest BCUT2D eigenvalue weighted by atomic mass is 9.82. The maximum absolute atomic E-state index is 12.1. The molecule has 122 valence electrons. The highest BCUT2D eigenvalue weighted by molar-refractivity contribution is 9.10. The van der Waals surface area contributed by atoms with Crippen LogP contribution in [0, 0.1) is 12.8 Å². The molecule has 1 fully saturated rings. The Bertz CT molecular complexity index is 692. The van der Waals surface area contributed by atoms with Crippen LogP contribution in [0.1, 0.15) is 31.9 Å². The van der Waals surface area contributed by atoms with Crippen molar-refractivity contribution < 1.29 is 14.1 Å². The molecule has 2 aromatic rings. The van der Waals surface area contributed by atoms with Crippen LogP contribution < -0.4 is 5.32 Å². The van der Waals surface area contributed by atoms with Crippen molar-refractivity contribution in [3.05, 3.63) is 34.4 Å². The number of benzene rings is 1. The molecule has 1 atom stereocenters. The number of rotatable bonds is 4. The van der Waals surface area contributed by atoms with Gasteiger partial charge in [-0.2, -0.15) is 0 Å². The second-order valence-corrected chi connectivity index (χ2v) is 6.82. The molecule has 1 N–H and O–H groups in total. The number of carbonyl (C=O) groups excluding carboxylic acids is 1. The summed E-state index contributed by atoms with van der Waals surface area (Å²) in [6.07, 6.45) is 2.95. The Labute approximate surface area is 143 Å². The number of nitrogens with zero attached hydrogens (tertiary/aromatic N) is 1. The second kappa shape index (κ2) is 6.74. The molecule has 1 aromatic heterocycles. The summed E-state index contributed by atoms with van der Waals surface area (Å²) in [5, 5.41) is 6.73. The molecule has 0 radical (unpaired) electrons. The van der Waals surface area contributed by atoms with Gasteiger partial charge in [-0.25, -0.2) is 4.79 Å². The fraction of sp³-hybridized carbons (Fsp3) is 0.412. The Hall–Kier alpha value is -1.82. The van der Waals surface area contributed by atoms with E-state index in [1.807, 2.05) is 31.2 Å². The van der Waals surface area contributed by atoms with E-state index in [4.69, 9.17) is 9.26 Å². The molecule has 0 bridgehead atoms. The number of ether oxygens (including phenoxy) is 1. The topological polar surface area (TPSA) is 64.4 Å². The summed E-state index contributed by atoms with van der Waals surface area (Å²) in [4.78, 5) is 12.1. The Morgan fingerprint density at radius 2 is 2.09 bits per heavy atom. The van der Waals surface area contributed by atoms with Crippen molar-refractivity contribution >= 4 is 27.7 Å². The van der Waals surface area contributed by atoms with Crippen LogP contribution in [-0.2, 0) is 4.74 Å². The molecule has 6 heteroatoms. The normalized spacial score (nSPS) is 15.8. The number of aromatic nitrogens is 1. The first kappa shape index (κ1) is 16.1. The molecule has 1 heterocycles. The largest absolute Gasteiger partial charge is 0.446 e. The van der Waals surface area contributed by atoms with Crippen molar-refractivity contribution in [1.82, 2.24) is 5.16 Å². The van der Waals surface area contributed by atoms with E-state index in [1.165, 1.54) is 6.42 Å². The standard InChI is InChI=1S/C17H19BrN2O3/c1-10-15(19-17(21)22-11(2)12-4-3-5-12)16(23-20-10)13-6-8-14(18)9-7-13/h6-9,11-12H,3-5H2,1-2H3,(H,19,21). The molecule has 1 aliphatic rings. The van der Waals surface area contributed by atoms with Crippen molar-refractivity contribution in [2.75, 3.05) is 5.32 Å². The third kappa shape index (κ3) is 3.58. The van der Waals surface area contributed by atoms with Crippen molar-refractivity contribution in [3.63, 3.8) is 0 Å². The van der Waals surface area contributed by atoms with Crippen LogP contribution in [0.3, 0.4) is 0 Å². The predicted octanol–water partition coefficient (Wildman–Crippen LogP) is 5.15. The summed E-state index contributed by atoms with van der Waals surface area (Å²) in [7, 11) is 0. The molecule has 0 spiro atoms. The molecule has 1 unspecified atom stereocenters. The van der Waals surface area contributed by atoms with Crippen molar-refractivity contribution in [2.45, 2.75) is 39.2 Å². The Morgan fingerprint density at radius 1 is 1.39 bits per heavy atom. The molecule has 1 aromatic carbocycles. The van der Waals surface area contributed by atoms with E-state index >= 15 is 0 Å². The summed E-state index contributed by atoms with van der Waals surface area (Å²) >= 11 is 3.40. The fourth-order valence-electron chi connectivity index (χ4n) is 2.62. The third-order valence-corrected chi connectivity index (χ3v) is 4.83. The van der Waals surface area contributed by atoms with Crippen LogP contribution in [0.25, 0.3) is 11.3 Å². The lowest BCUT2D eigenvalue weighted by Crippen LogP contribution is -2.30. The number of hydrogen-bond donors (Lipinski definition) is 1. The van der Waals surface area contributed by atoms with Gasteiger partial charge in [0.25, 0.3) is 0 Å². The highest BCUT2D eigenvalue weighted by Gasteiger charge is 2.27. The quantitative estimate of drug-likeness (QED) is 0.798. The van der Waals surface area contributed by atoms with Gasteiger partial charge >= 0.3 is 6.09 Å². The van der Waals surface area contributed by atoms with E-state index in [2.05, 4.69) is 26.4 Å². The molecule has 0 saturated heterocycles. The average molecular weight is 379 g/mol. The lowest BCUT2D eigenvalue weighted by Gasteiger charge is -2.30. The minimum Gasteiger partial charge on any atom is -0.446 e. The number of carbonyl (C=O) groups is 1. The van der Waals surface area contributed by atoms with Gasteiger partial charge in [0.1, 0.15) is 17.5 Å². The number of amides is 1. The molecular formula is C17H19BrN2O3. The van der Waals surface area contributed by atoms with Crippen LogP contribution >= 0.6 is 15.9 Å². The average Bonchev–Trinajstić information content (AvgIpc) is 2.79. The second-order valence-electron chi connectivity index (χ2n) is 5.91. The van der Waals surface area contributed by atoms with Crippen LogP contribution in [0.15, 0.2) is 33.3 Å². The molecule has 3 rings (SSSR count). The number of halogens is 1. The summed E-state index contributed by atoms with van der Waals surface area (Å²) < 4.78 is 11.8. The first-order valence-electron chi connectivity index (χ1n) is 7.74. The van der Waals surface area contributed by atoms with E-state index in [0.29, 0.717) is 23.1 Å². The van der Waals surface area contributed by atoms with E-state index < -0.39 is 6.09 Å². The number of anilines is 1. The van der Waals surface area contributed by atoms with Gasteiger partial charge in [-0.3, -0.25) is 5.32 Å². The van der Waals surface area contributed by atoms with Crippen LogP contribution in [0.4, 0.5) is 10.5 Å². The Balaban J connectivity index is 1.73. The zero-order chi connectivity index (χ0) is 16.4. The molecular weight excluding hydrogens is 360 g/mol. The van der Waals surface area contributed by atoms with Crippen LogP contribution in [0.5, 0.6) is 0 Å². The highest BCUT2D eigenvalue weighted by Crippen LogP contribution is 2.33. The van der Waals surface area contributed by atoms with E-state index in [1.54, 1.807) is 6.92 Å². The van der Waals surface area contributed by atoms with Gasteiger partial charge in [0.05, 0.1) is 0 Å². The van der Waals surface area contributed by atoms with Gasteiger partial charge in [0.15, 0.2) is 5.76 Å². The van der Waals surface area contributed by atoms with Gasteiger partial charge < -0.3 is 9.26 Å². The maximum Gasteiger partial charge on any atom is 0.412 e. The smallest absolute Gasteiger partial charge is 0.412 e. The molecule has 0 aliphatic heterocycles. The molecule has 1 aliphatic carbocycles. The lowest BCUT2D eigenvalue weighted by molar-refractivity contribution is 0.0531. The summed E-state index contributed by atoms with van der Waals surface area (Å²) in [5.41, 5.74) is 2.02. The molecule has 1 amide bonds. The fourth-order valence-corrected chi connectivity index (χ4v) is 2.89. The van der Waals surface area contributed by atoms with Gasteiger partial charge in [0.2, 0.25) is 0 Å². The van der Waals surface area contributed by atoms with Gasteiger partial charge in [0, 0.05) is 10.0 Å². The van der Waals surface area contributed by atoms with Gasteiger partial charge in [-0.15, -0.1) is 0 Å². The number of nitrogens with one attached hydrogen (secondary N) is 1. The van der Waals surface area contributed by atoms with Crippen LogP contribution in [-0.4, -0.2) is 17.4 Å². The summed E-state index contributed by atoms with van der Waals surface area (Å²) in [6, 6.07) is 7.62. The first-order valence-corrected chi connectivity index (χ1v) is 8.53. The van der Waals surface area contributed by atoms with E-state index in [-0.39, 0.29) is 6.10 Å². The minimum absolute atomic E-state index is 0.0694. The third-order valence-electron chi connectivity index (χ3n) is 4.30. The first-order chi connectivity index (χ1) is 11.0. The summed E-state index contributed by atoms with van der Waals surface area (Å²) in [6.45, 7) is 3.73.